The van der Waals surface area contributed by atoms with E-state index in [0.29, 0.717) is 0 Å². The van der Waals surface area contributed by atoms with Crippen LogP contribution >= 0.6 is 15.9 Å². The molecular weight excluding hydrogens is 268 g/mol. The molecule has 0 bridgehead atoms. The van der Waals surface area contributed by atoms with E-state index in [4.69, 9.17) is 5.73 Å². The Morgan fingerprint density at radius 2 is 2.19 bits per heavy atom. The standard InChI is InChI=1S/C12H15BrN2O/c1-8-3-4-9(13)10(7-8)15-11(16)12(14)5-2-6-12/h3-4,7H,2,5-6,14H2,1H3,(H,15,16). The predicted octanol–water partition coefficient (Wildman–Crippen LogP) is 2.58. The van der Waals surface area contributed by atoms with E-state index in [1.807, 2.05) is 25.1 Å². The molecule has 1 aromatic rings. The van der Waals surface area contributed by atoms with Crippen molar-refractivity contribution in [2.24, 2.45) is 5.73 Å². The van der Waals surface area contributed by atoms with Crippen LogP contribution in [0.15, 0.2) is 22.7 Å². The molecule has 0 unspecified atom stereocenters. The van der Waals surface area contributed by atoms with Crippen molar-refractivity contribution >= 4 is 27.5 Å². The Balaban J connectivity index is 2.14. The molecule has 0 spiro atoms. The molecule has 1 amide bonds. The summed E-state index contributed by atoms with van der Waals surface area (Å²) in [6.45, 7) is 1.99. The van der Waals surface area contributed by atoms with Crippen molar-refractivity contribution in [3.05, 3.63) is 28.2 Å². The highest BCUT2D eigenvalue weighted by atomic mass is 79.9. The number of nitrogens with one attached hydrogen (secondary N) is 1. The monoisotopic (exact) mass is 282 g/mol. The number of halogens is 1. The molecule has 3 nitrogen and oxygen atoms in total. The zero-order valence-corrected chi connectivity index (χ0v) is 10.8. The maximum absolute atomic E-state index is 11.9. The van der Waals surface area contributed by atoms with E-state index in [-0.39, 0.29) is 5.91 Å². The van der Waals surface area contributed by atoms with Crippen LogP contribution in [0.1, 0.15) is 24.8 Å². The molecule has 1 fully saturated rings. The number of carbonyl (C=O) groups excluding carboxylic acids is 1. The van der Waals surface area contributed by atoms with Gasteiger partial charge >= 0.3 is 0 Å². The average Bonchev–Trinajstić information content (AvgIpc) is 2.20. The van der Waals surface area contributed by atoms with Crippen LogP contribution in [0, 0.1) is 6.92 Å². The molecule has 16 heavy (non-hydrogen) atoms. The largest absolute Gasteiger partial charge is 0.323 e. The minimum absolute atomic E-state index is 0.0787. The molecule has 1 aliphatic carbocycles. The summed E-state index contributed by atoms with van der Waals surface area (Å²) in [4.78, 5) is 11.9. The normalized spacial score (nSPS) is 17.7. The van der Waals surface area contributed by atoms with Gasteiger partial charge in [-0.2, -0.15) is 0 Å². The quantitative estimate of drug-likeness (QED) is 0.876. The van der Waals surface area contributed by atoms with E-state index in [0.717, 1.165) is 35.0 Å². The number of nitrogens with two attached hydrogens (primary N) is 1. The molecule has 1 aliphatic rings. The minimum Gasteiger partial charge on any atom is -0.323 e. The molecule has 0 heterocycles. The van der Waals surface area contributed by atoms with E-state index < -0.39 is 5.54 Å². The summed E-state index contributed by atoms with van der Waals surface area (Å²) >= 11 is 3.41. The third-order valence-electron chi connectivity index (χ3n) is 3.07. The summed E-state index contributed by atoms with van der Waals surface area (Å²) in [6, 6.07) is 5.85. The Morgan fingerprint density at radius 1 is 1.50 bits per heavy atom. The highest BCUT2D eigenvalue weighted by Gasteiger charge is 2.40. The van der Waals surface area contributed by atoms with Gasteiger partial charge in [-0.15, -0.1) is 0 Å². The van der Waals surface area contributed by atoms with E-state index in [1.54, 1.807) is 0 Å². The summed E-state index contributed by atoms with van der Waals surface area (Å²) in [5, 5.41) is 2.88. The lowest BCUT2D eigenvalue weighted by atomic mass is 9.77. The summed E-state index contributed by atoms with van der Waals surface area (Å²) in [6.07, 6.45) is 2.60. The van der Waals surface area contributed by atoms with Crippen molar-refractivity contribution in [3.8, 4) is 0 Å². The smallest absolute Gasteiger partial charge is 0.244 e. The van der Waals surface area contributed by atoms with Crippen LogP contribution in [0.4, 0.5) is 5.69 Å². The van der Waals surface area contributed by atoms with E-state index in [1.165, 1.54) is 0 Å². The Morgan fingerprint density at radius 3 is 2.75 bits per heavy atom. The SMILES string of the molecule is Cc1ccc(Br)c(NC(=O)C2(N)CCC2)c1. The number of hydrogen-bond donors (Lipinski definition) is 2. The van der Waals surface area contributed by atoms with Gasteiger partial charge in [0, 0.05) is 4.47 Å². The van der Waals surface area contributed by atoms with Crippen molar-refractivity contribution < 1.29 is 4.79 Å². The first-order valence-corrected chi connectivity index (χ1v) is 6.17. The van der Waals surface area contributed by atoms with E-state index >= 15 is 0 Å². The van der Waals surface area contributed by atoms with Gasteiger partial charge in [-0.3, -0.25) is 4.79 Å². The summed E-state index contributed by atoms with van der Waals surface area (Å²) in [5.74, 6) is -0.0787. The molecular formula is C12H15BrN2O. The van der Waals surface area contributed by atoms with Crippen LogP contribution in [0.25, 0.3) is 0 Å². The number of carbonyl (C=O) groups is 1. The van der Waals surface area contributed by atoms with Gasteiger partial charge in [0.25, 0.3) is 0 Å². The van der Waals surface area contributed by atoms with Crippen LogP contribution in [0.2, 0.25) is 0 Å². The lowest BCUT2D eigenvalue weighted by Gasteiger charge is -2.36. The molecule has 1 aromatic carbocycles. The molecule has 0 atom stereocenters. The first kappa shape index (κ1) is 11.6. The molecule has 0 aromatic heterocycles. The number of hydrogen-bond acceptors (Lipinski definition) is 2. The fourth-order valence-corrected chi connectivity index (χ4v) is 2.11. The van der Waals surface area contributed by atoms with Crippen molar-refractivity contribution in [3.63, 3.8) is 0 Å². The minimum atomic E-state index is -0.650. The molecule has 86 valence electrons. The third kappa shape index (κ3) is 2.13. The molecule has 1 saturated carbocycles. The number of anilines is 1. The number of aryl methyl sites for hydroxylation is 1. The van der Waals surface area contributed by atoms with Crippen molar-refractivity contribution in [2.45, 2.75) is 31.7 Å². The Labute approximate surface area is 104 Å². The average molecular weight is 283 g/mol. The van der Waals surface area contributed by atoms with Gasteiger partial charge in [0.05, 0.1) is 11.2 Å². The van der Waals surface area contributed by atoms with Crippen LogP contribution in [0.3, 0.4) is 0 Å². The Bertz CT molecular complexity index is 427. The summed E-state index contributed by atoms with van der Waals surface area (Å²) in [7, 11) is 0. The highest BCUT2D eigenvalue weighted by molar-refractivity contribution is 9.10. The second-order valence-electron chi connectivity index (χ2n) is 4.45. The van der Waals surface area contributed by atoms with E-state index in [2.05, 4.69) is 21.2 Å². The van der Waals surface area contributed by atoms with Crippen molar-refractivity contribution in [1.29, 1.82) is 0 Å². The van der Waals surface area contributed by atoms with Gasteiger partial charge < -0.3 is 11.1 Å². The molecule has 4 heteroatoms. The zero-order chi connectivity index (χ0) is 11.8. The molecule has 2 rings (SSSR count). The van der Waals surface area contributed by atoms with Crippen LogP contribution in [0.5, 0.6) is 0 Å². The lowest BCUT2D eigenvalue weighted by Crippen LogP contribution is -2.56. The number of benzene rings is 1. The van der Waals surface area contributed by atoms with Gasteiger partial charge in [-0.05, 0) is 59.8 Å². The first-order valence-electron chi connectivity index (χ1n) is 5.38. The van der Waals surface area contributed by atoms with Crippen molar-refractivity contribution in [1.82, 2.24) is 0 Å². The van der Waals surface area contributed by atoms with E-state index in [9.17, 15) is 4.79 Å². The maximum Gasteiger partial charge on any atom is 0.244 e. The second kappa shape index (κ2) is 4.18. The summed E-state index contributed by atoms with van der Waals surface area (Å²) < 4.78 is 0.884. The third-order valence-corrected chi connectivity index (χ3v) is 3.76. The topological polar surface area (TPSA) is 55.1 Å². The highest BCUT2D eigenvalue weighted by Crippen LogP contribution is 2.31. The van der Waals surface area contributed by atoms with Gasteiger partial charge in [0.2, 0.25) is 5.91 Å². The molecule has 0 aliphatic heterocycles. The summed E-state index contributed by atoms with van der Waals surface area (Å²) in [5.41, 5.74) is 7.21. The van der Waals surface area contributed by atoms with Gasteiger partial charge in [-0.25, -0.2) is 0 Å². The molecule has 3 N–H and O–H groups in total. The second-order valence-corrected chi connectivity index (χ2v) is 5.30. The first-order chi connectivity index (χ1) is 7.51. The maximum atomic E-state index is 11.9. The van der Waals surface area contributed by atoms with Crippen LogP contribution < -0.4 is 11.1 Å². The van der Waals surface area contributed by atoms with Crippen LogP contribution in [-0.2, 0) is 4.79 Å². The molecule has 0 saturated heterocycles. The Kier molecular flexibility index (Phi) is 3.04. The number of amides is 1. The molecule has 0 radical (unpaired) electrons. The van der Waals surface area contributed by atoms with Crippen molar-refractivity contribution in [2.75, 3.05) is 5.32 Å². The van der Waals surface area contributed by atoms with Gasteiger partial charge in [0.1, 0.15) is 0 Å². The fraction of sp³-hybridized carbons (Fsp3) is 0.417. The predicted molar refractivity (Wildman–Crippen MR) is 68.3 cm³/mol. The van der Waals surface area contributed by atoms with Gasteiger partial charge in [0.15, 0.2) is 0 Å². The lowest BCUT2D eigenvalue weighted by molar-refractivity contribution is -0.123. The number of rotatable bonds is 2. The zero-order valence-electron chi connectivity index (χ0n) is 9.22. The fourth-order valence-electron chi connectivity index (χ4n) is 1.77. The van der Waals surface area contributed by atoms with Gasteiger partial charge in [-0.1, -0.05) is 6.07 Å². The Hall–Kier alpha value is -0.870. The van der Waals surface area contributed by atoms with Crippen LogP contribution in [-0.4, -0.2) is 11.4 Å².